The summed E-state index contributed by atoms with van der Waals surface area (Å²) in [6, 6.07) is 73.0. The van der Waals surface area contributed by atoms with Gasteiger partial charge < -0.3 is 9.80 Å². The van der Waals surface area contributed by atoms with Crippen LogP contribution in [0.2, 0.25) is 0 Å². The molecule has 0 amide bonds. The van der Waals surface area contributed by atoms with Gasteiger partial charge in [-0.15, -0.1) is 0 Å². The van der Waals surface area contributed by atoms with E-state index >= 15 is 0 Å². The summed E-state index contributed by atoms with van der Waals surface area (Å²) in [5.41, 5.74) is 19.9. The van der Waals surface area contributed by atoms with Gasteiger partial charge >= 0.3 is 0 Å². The second kappa shape index (κ2) is 15.3. The fraction of sp³-hybridized carbons (Fsp3) is 0.213. The van der Waals surface area contributed by atoms with Gasteiger partial charge in [-0.2, -0.15) is 0 Å². The second-order valence-corrected chi connectivity index (χ2v) is 20.7. The van der Waals surface area contributed by atoms with Gasteiger partial charge in [-0.1, -0.05) is 208 Å². The SMILES string of the molecule is CC(C)(C)c1ccc2c(c1)B1c3cc(C(C)(C)c4ccccc4)ccc3N(c3ccc(C(C)(C)c4ccccc4)cc3)c3cccc(c31)N2c1ccc(C(C)(C)c2ccccc2)cc1. The van der Waals surface area contributed by atoms with Gasteiger partial charge in [-0.05, 0) is 109 Å². The molecule has 0 fully saturated rings. The van der Waals surface area contributed by atoms with Crippen molar-refractivity contribution in [1.82, 2.24) is 0 Å². The third kappa shape index (κ3) is 6.80. The third-order valence-corrected chi connectivity index (χ3v) is 14.8. The van der Waals surface area contributed by atoms with E-state index in [2.05, 4.69) is 266 Å². The molecule has 0 spiro atoms. The summed E-state index contributed by atoms with van der Waals surface area (Å²) in [6.45, 7) is 21.1. The first-order valence-corrected chi connectivity index (χ1v) is 23.1. The number of fused-ring (bicyclic) bond motifs is 4. The summed E-state index contributed by atoms with van der Waals surface area (Å²) in [6.07, 6.45) is 0. The van der Waals surface area contributed by atoms with Gasteiger partial charge in [0.1, 0.15) is 0 Å². The van der Waals surface area contributed by atoms with E-state index in [1.54, 1.807) is 0 Å². The van der Waals surface area contributed by atoms with Crippen LogP contribution in [0.15, 0.2) is 194 Å². The third-order valence-electron chi connectivity index (χ3n) is 14.8. The van der Waals surface area contributed by atoms with Gasteiger partial charge in [0.05, 0.1) is 0 Å². The lowest BCUT2D eigenvalue weighted by Gasteiger charge is -2.45. The monoisotopic (exact) mass is 830 g/mol. The molecular formula is C61H59BN2. The molecule has 0 N–H and O–H groups in total. The average Bonchev–Trinajstić information content (AvgIpc) is 3.32. The average molecular weight is 831 g/mol. The topological polar surface area (TPSA) is 6.48 Å². The van der Waals surface area contributed by atoms with Crippen molar-refractivity contribution >= 4 is 57.2 Å². The zero-order valence-electron chi connectivity index (χ0n) is 38.9. The molecule has 0 saturated heterocycles. The Morgan fingerprint density at radius 2 is 0.625 bits per heavy atom. The molecule has 3 heteroatoms. The number of anilines is 6. The standard InChI is InChI=1S/C61H59BN2/c1-58(2,3)47-32-38-53-51(40-47)62-52-41-48(61(8,9)44-24-17-12-18-25-44)33-39-54(52)64(50-36-30-46(31-37-50)60(6,7)43-22-15-11-16-23-43)56-27-19-26-55(57(56)62)63(53)49-34-28-45(29-35-49)59(4,5)42-20-13-10-14-21-42/h10-41H,1-9H3. The highest BCUT2D eigenvalue weighted by atomic mass is 15.2. The lowest BCUT2D eigenvalue weighted by Crippen LogP contribution is -2.61. The van der Waals surface area contributed by atoms with E-state index in [0.717, 1.165) is 11.4 Å². The maximum atomic E-state index is 2.54. The highest BCUT2D eigenvalue weighted by molar-refractivity contribution is 7.00. The van der Waals surface area contributed by atoms with E-state index in [-0.39, 0.29) is 28.4 Å². The smallest absolute Gasteiger partial charge is 0.252 e. The van der Waals surface area contributed by atoms with E-state index < -0.39 is 0 Å². The fourth-order valence-electron chi connectivity index (χ4n) is 10.5. The van der Waals surface area contributed by atoms with Crippen molar-refractivity contribution in [2.75, 3.05) is 9.80 Å². The highest BCUT2D eigenvalue weighted by Crippen LogP contribution is 2.46. The molecule has 8 aromatic rings. The van der Waals surface area contributed by atoms with Crippen molar-refractivity contribution < 1.29 is 0 Å². The summed E-state index contributed by atoms with van der Waals surface area (Å²) < 4.78 is 0. The molecule has 0 aromatic heterocycles. The lowest BCUT2D eigenvalue weighted by molar-refractivity contribution is 0.591. The van der Waals surface area contributed by atoms with Gasteiger partial charge in [-0.3, -0.25) is 0 Å². The minimum Gasteiger partial charge on any atom is -0.311 e. The largest absolute Gasteiger partial charge is 0.311 e. The van der Waals surface area contributed by atoms with Crippen molar-refractivity contribution in [1.29, 1.82) is 0 Å². The van der Waals surface area contributed by atoms with Gasteiger partial charge in [-0.25, -0.2) is 0 Å². The summed E-state index contributed by atoms with van der Waals surface area (Å²) in [5.74, 6) is 0. The molecule has 64 heavy (non-hydrogen) atoms. The zero-order valence-corrected chi connectivity index (χ0v) is 38.9. The number of nitrogens with zero attached hydrogens (tertiary/aromatic N) is 2. The summed E-state index contributed by atoms with van der Waals surface area (Å²) >= 11 is 0. The summed E-state index contributed by atoms with van der Waals surface area (Å²) in [7, 11) is 0. The second-order valence-electron chi connectivity index (χ2n) is 20.7. The Kier molecular flexibility index (Phi) is 9.91. The van der Waals surface area contributed by atoms with Gasteiger partial charge in [0.15, 0.2) is 0 Å². The quantitative estimate of drug-likeness (QED) is 0.141. The molecule has 0 saturated carbocycles. The normalized spacial score (nSPS) is 13.6. The molecule has 2 nitrogen and oxygen atoms in total. The van der Waals surface area contributed by atoms with Crippen LogP contribution in [-0.4, -0.2) is 6.71 Å². The Labute approximate surface area is 382 Å². The zero-order chi connectivity index (χ0) is 44.6. The van der Waals surface area contributed by atoms with Gasteiger partial charge in [0.2, 0.25) is 0 Å². The van der Waals surface area contributed by atoms with Crippen molar-refractivity contribution in [2.45, 2.75) is 84.0 Å². The molecular weight excluding hydrogens is 771 g/mol. The van der Waals surface area contributed by atoms with Crippen LogP contribution in [0.5, 0.6) is 0 Å². The van der Waals surface area contributed by atoms with Crippen molar-refractivity contribution in [2.24, 2.45) is 0 Å². The number of rotatable bonds is 8. The molecule has 0 unspecified atom stereocenters. The van der Waals surface area contributed by atoms with Crippen LogP contribution < -0.4 is 26.2 Å². The highest BCUT2D eigenvalue weighted by Gasteiger charge is 2.44. The molecule has 316 valence electrons. The molecule has 0 bridgehead atoms. The van der Waals surface area contributed by atoms with Crippen molar-refractivity contribution in [3.8, 4) is 0 Å². The number of benzene rings is 8. The molecule has 2 heterocycles. The molecule has 0 atom stereocenters. The molecule has 0 aliphatic carbocycles. The Morgan fingerprint density at radius 1 is 0.297 bits per heavy atom. The fourth-order valence-corrected chi connectivity index (χ4v) is 10.5. The Balaban J connectivity index is 1.19. The van der Waals surface area contributed by atoms with Crippen LogP contribution in [0.25, 0.3) is 0 Å². The van der Waals surface area contributed by atoms with Crippen LogP contribution in [0.1, 0.15) is 101 Å². The number of hydrogen-bond acceptors (Lipinski definition) is 2. The summed E-state index contributed by atoms with van der Waals surface area (Å²) in [5, 5.41) is 0. The first-order chi connectivity index (χ1) is 30.7. The van der Waals surface area contributed by atoms with Gasteiger partial charge in [0.25, 0.3) is 6.71 Å². The molecule has 8 aromatic carbocycles. The Hall–Kier alpha value is -6.58. The van der Waals surface area contributed by atoms with Crippen LogP contribution in [-0.2, 0) is 21.7 Å². The first kappa shape index (κ1) is 41.4. The maximum absolute atomic E-state index is 2.54. The number of hydrogen-bond donors (Lipinski definition) is 0. The van der Waals surface area contributed by atoms with Crippen LogP contribution in [0.4, 0.5) is 34.1 Å². The van der Waals surface area contributed by atoms with Crippen LogP contribution in [0.3, 0.4) is 0 Å². The minimum atomic E-state index is -0.211. The van der Waals surface area contributed by atoms with E-state index in [9.17, 15) is 0 Å². The van der Waals surface area contributed by atoms with Crippen molar-refractivity contribution in [3.63, 3.8) is 0 Å². The molecule has 2 aliphatic heterocycles. The summed E-state index contributed by atoms with van der Waals surface area (Å²) in [4.78, 5) is 5.06. The van der Waals surface area contributed by atoms with E-state index in [1.165, 1.54) is 78.1 Å². The lowest BCUT2D eigenvalue weighted by atomic mass is 9.33. The van der Waals surface area contributed by atoms with Crippen LogP contribution in [0, 0.1) is 0 Å². The van der Waals surface area contributed by atoms with E-state index in [4.69, 9.17) is 0 Å². The van der Waals surface area contributed by atoms with E-state index in [0.29, 0.717) is 0 Å². The molecule has 10 rings (SSSR count). The van der Waals surface area contributed by atoms with Crippen molar-refractivity contribution in [3.05, 3.63) is 233 Å². The predicted molar refractivity (Wildman–Crippen MR) is 275 cm³/mol. The Morgan fingerprint density at radius 3 is 1.02 bits per heavy atom. The molecule has 0 radical (unpaired) electrons. The maximum Gasteiger partial charge on any atom is 0.252 e. The van der Waals surface area contributed by atoms with Crippen LogP contribution >= 0.6 is 0 Å². The predicted octanol–water partition coefficient (Wildman–Crippen LogP) is 14.0. The Bertz CT molecular complexity index is 2960. The minimum absolute atomic E-state index is 0.0186. The first-order valence-electron chi connectivity index (χ1n) is 23.1. The van der Waals surface area contributed by atoms with E-state index in [1.807, 2.05) is 0 Å². The molecule has 2 aliphatic rings. The van der Waals surface area contributed by atoms with Gasteiger partial charge in [0, 0.05) is 50.4 Å².